The predicted octanol–water partition coefficient (Wildman–Crippen LogP) is 1.10. The number of aliphatic hydroxyl groups excluding tert-OH is 1. The van der Waals surface area contributed by atoms with Gasteiger partial charge in [0.2, 0.25) is 0 Å². The maximum atomic E-state index is 10.8. The summed E-state index contributed by atoms with van der Waals surface area (Å²) in [7, 11) is 0. The Hall–Kier alpha value is -0.870. The third-order valence-corrected chi connectivity index (χ3v) is 2.85. The molecule has 0 rings (SSSR count). The van der Waals surface area contributed by atoms with Gasteiger partial charge >= 0.3 is 5.97 Å². The van der Waals surface area contributed by atoms with Crippen molar-refractivity contribution in [2.45, 2.75) is 39.3 Å². The summed E-state index contributed by atoms with van der Waals surface area (Å²) >= 11 is 0. The van der Waals surface area contributed by atoms with Gasteiger partial charge in [0.05, 0.1) is 0 Å². The highest BCUT2D eigenvalue weighted by molar-refractivity contribution is 5.87. The first-order valence-corrected chi connectivity index (χ1v) is 4.76. The number of hydrogen-bond donors (Lipinski definition) is 3. The maximum absolute atomic E-state index is 10.8. The van der Waals surface area contributed by atoms with Gasteiger partial charge in [-0.15, -0.1) is 0 Å². The minimum absolute atomic E-state index is 0.131. The summed E-state index contributed by atoms with van der Waals surface area (Å²) in [5.41, 5.74) is 4.84. The Bertz CT molecular complexity index is 219. The van der Waals surface area contributed by atoms with E-state index in [0.717, 1.165) is 0 Å². The van der Waals surface area contributed by atoms with Gasteiger partial charge in [0.15, 0.2) is 0 Å². The maximum Gasteiger partial charge on any atom is 0.331 e. The largest absolute Gasteiger partial charge is 0.478 e. The van der Waals surface area contributed by atoms with Crippen LogP contribution in [0.5, 0.6) is 0 Å². The van der Waals surface area contributed by atoms with Crippen molar-refractivity contribution in [3.05, 3.63) is 12.2 Å². The van der Waals surface area contributed by atoms with E-state index in [0.29, 0.717) is 12.8 Å². The molecule has 82 valence electrons. The van der Waals surface area contributed by atoms with E-state index < -0.39 is 17.6 Å². The smallest absolute Gasteiger partial charge is 0.331 e. The quantitative estimate of drug-likeness (QED) is 0.444. The first kappa shape index (κ1) is 13.1. The zero-order chi connectivity index (χ0) is 11.4. The number of nitrogens with two attached hydrogens (primary N) is 1. The first-order valence-electron chi connectivity index (χ1n) is 4.76. The first-order chi connectivity index (χ1) is 6.39. The molecule has 0 saturated heterocycles. The molecule has 0 aromatic carbocycles. The lowest BCUT2D eigenvalue weighted by atomic mass is 9.73. The van der Waals surface area contributed by atoms with Crippen molar-refractivity contribution < 1.29 is 15.0 Å². The molecule has 0 spiro atoms. The van der Waals surface area contributed by atoms with E-state index in [1.807, 2.05) is 13.8 Å². The molecule has 0 heterocycles. The Morgan fingerprint density at radius 2 is 1.93 bits per heavy atom. The normalized spacial score (nSPS) is 13.7. The van der Waals surface area contributed by atoms with Gasteiger partial charge in [-0.05, 0) is 19.3 Å². The molecule has 14 heavy (non-hydrogen) atoms. The minimum Gasteiger partial charge on any atom is -0.478 e. The predicted molar refractivity (Wildman–Crippen MR) is 54.6 cm³/mol. The van der Waals surface area contributed by atoms with Gasteiger partial charge in [0, 0.05) is 11.0 Å². The van der Waals surface area contributed by atoms with Crippen molar-refractivity contribution in [3.8, 4) is 0 Å². The van der Waals surface area contributed by atoms with Crippen molar-refractivity contribution in [3.63, 3.8) is 0 Å². The van der Waals surface area contributed by atoms with Crippen LogP contribution in [0.25, 0.3) is 0 Å². The van der Waals surface area contributed by atoms with E-state index in [-0.39, 0.29) is 12.0 Å². The molecule has 0 saturated carbocycles. The lowest BCUT2D eigenvalue weighted by Crippen LogP contribution is -2.34. The minimum atomic E-state index is -1.02. The van der Waals surface area contributed by atoms with Crippen molar-refractivity contribution in [2.75, 3.05) is 0 Å². The van der Waals surface area contributed by atoms with E-state index in [9.17, 15) is 4.79 Å². The highest BCUT2D eigenvalue weighted by Gasteiger charge is 2.34. The molecule has 0 aromatic rings. The van der Waals surface area contributed by atoms with Crippen molar-refractivity contribution >= 4 is 5.97 Å². The molecule has 1 atom stereocenters. The molecule has 0 bridgehead atoms. The number of carboxylic acids is 1. The molecular weight excluding hydrogens is 182 g/mol. The summed E-state index contributed by atoms with van der Waals surface area (Å²) in [5.74, 6) is -1.02. The molecule has 0 aliphatic rings. The van der Waals surface area contributed by atoms with Crippen molar-refractivity contribution in [1.29, 1.82) is 0 Å². The summed E-state index contributed by atoms with van der Waals surface area (Å²) in [6, 6.07) is 0. The highest BCUT2D eigenvalue weighted by Crippen LogP contribution is 2.38. The topological polar surface area (TPSA) is 83.5 Å². The molecule has 4 nitrogen and oxygen atoms in total. The Labute approximate surface area is 84.4 Å². The second kappa shape index (κ2) is 5.12. The summed E-state index contributed by atoms with van der Waals surface area (Å²) in [5, 5.41) is 18.0. The number of aliphatic hydroxyl groups is 1. The zero-order valence-corrected chi connectivity index (χ0v) is 8.79. The molecule has 0 aliphatic carbocycles. The summed E-state index contributed by atoms with van der Waals surface area (Å²) in [4.78, 5) is 10.8. The fraction of sp³-hybridized carbons (Fsp3) is 0.700. The van der Waals surface area contributed by atoms with Gasteiger partial charge in [0.25, 0.3) is 0 Å². The fourth-order valence-corrected chi connectivity index (χ4v) is 1.72. The Kier molecular flexibility index (Phi) is 4.80. The summed E-state index contributed by atoms with van der Waals surface area (Å²) in [6.45, 7) is 7.31. The van der Waals surface area contributed by atoms with Gasteiger partial charge in [0.1, 0.15) is 6.23 Å². The van der Waals surface area contributed by atoms with Crippen molar-refractivity contribution in [1.82, 2.24) is 0 Å². The molecule has 0 aliphatic heterocycles. The Morgan fingerprint density at radius 3 is 2.14 bits per heavy atom. The molecule has 0 amide bonds. The van der Waals surface area contributed by atoms with Crippen LogP contribution in [0.15, 0.2) is 12.2 Å². The van der Waals surface area contributed by atoms with Gasteiger partial charge in [-0.25, -0.2) is 4.79 Å². The highest BCUT2D eigenvalue weighted by atomic mass is 16.4. The van der Waals surface area contributed by atoms with Gasteiger partial charge in [-0.2, -0.15) is 0 Å². The Balaban J connectivity index is 4.86. The number of aliphatic carboxylic acids is 1. The van der Waals surface area contributed by atoms with E-state index in [1.54, 1.807) is 0 Å². The molecule has 0 aromatic heterocycles. The average Bonchev–Trinajstić information content (AvgIpc) is 2.12. The average molecular weight is 201 g/mol. The van der Waals surface area contributed by atoms with Crippen LogP contribution in [0.1, 0.15) is 33.1 Å². The number of carboxylic acid groups (broad SMARTS) is 1. The third-order valence-electron chi connectivity index (χ3n) is 2.85. The monoisotopic (exact) mass is 201 g/mol. The third kappa shape index (κ3) is 2.82. The van der Waals surface area contributed by atoms with Crippen LogP contribution >= 0.6 is 0 Å². The van der Waals surface area contributed by atoms with Crippen LogP contribution in [0.4, 0.5) is 0 Å². The van der Waals surface area contributed by atoms with Crippen molar-refractivity contribution in [2.24, 2.45) is 11.1 Å². The lowest BCUT2D eigenvalue weighted by Gasteiger charge is -2.32. The van der Waals surface area contributed by atoms with E-state index in [4.69, 9.17) is 15.9 Å². The van der Waals surface area contributed by atoms with E-state index >= 15 is 0 Å². The zero-order valence-electron chi connectivity index (χ0n) is 8.79. The summed E-state index contributed by atoms with van der Waals surface area (Å²) < 4.78 is 0. The standard InChI is InChI=1S/C10H19NO3/c1-4-10(5-2,6-8(11)12)7(3)9(13)14/h8,12H,3-6,11H2,1-2H3,(H,13,14). The second-order valence-electron chi connectivity index (χ2n) is 3.54. The van der Waals surface area contributed by atoms with Crippen LogP contribution in [0.2, 0.25) is 0 Å². The van der Waals surface area contributed by atoms with Crippen LogP contribution in [-0.2, 0) is 4.79 Å². The van der Waals surface area contributed by atoms with E-state index in [2.05, 4.69) is 6.58 Å². The lowest BCUT2D eigenvalue weighted by molar-refractivity contribution is -0.134. The van der Waals surface area contributed by atoms with Crippen LogP contribution in [-0.4, -0.2) is 22.4 Å². The van der Waals surface area contributed by atoms with Gasteiger partial charge in [-0.3, -0.25) is 0 Å². The SMILES string of the molecule is C=C(C(=O)O)C(CC)(CC)CC(N)O. The molecule has 1 unspecified atom stereocenters. The van der Waals surface area contributed by atoms with Crippen LogP contribution < -0.4 is 5.73 Å². The van der Waals surface area contributed by atoms with E-state index in [1.165, 1.54) is 0 Å². The fourth-order valence-electron chi connectivity index (χ4n) is 1.72. The molecule has 0 fully saturated rings. The van der Waals surface area contributed by atoms with Gasteiger partial charge in [-0.1, -0.05) is 20.4 Å². The second-order valence-corrected chi connectivity index (χ2v) is 3.54. The molecule has 0 radical (unpaired) electrons. The molecular formula is C10H19NO3. The van der Waals surface area contributed by atoms with Crippen LogP contribution in [0, 0.1) is 5.41 Å². The number of hydrogen-bond acceptors (Lipinski definition) is 3. The summed E-state index contributed by atoms with van der Waals surface area (Å²) in [6.07, 6.45) is 0.475. The number of carbonyl (C=O) groups is 1. The molecule has 4 N–H and O–H groups in total. The molecule has 4 heteroatoms. The Morgan fingerprint density at radius 1 is 1.50 bits per heavy atom. The van der Waals surface area contributed by atoms with Crippen LogP contribution in [0.3, 0.4) is 0 Å². The van der Waals surface area contributed by atoms with Gasteiger partial charge < -0.3 is 15.9 Å². The number of rotatable bonds is 6.